The highest BCUT2D eigenvalue weighted by Crippen LogP contribution is 2.21. The molecular formula is C18H19N3O2. The SMILES string of the molecule is COc1ccc(N2CCCN=C2NC(=O)c2ccccc2)cc1. The van der Waals surface area contributed by atoms with Crippen molar-refractivity contribution in [3.63, 3.8) is 0 Å². The molecule has 5 heteroatoms. The molecule has 3 rings (SSSR count). The Balaban J connectivity index is 1.78. The van der Waals surface area contributed by atoms with Gasteiger partial charge in [-0.25, -0.2) is 0 Å². The second-order valence-electron chi connectivity index (χ2n) is 5.23. The van der Waals surface area contributed by atoms with Gasteiger partial charge in [0, 0.05) is 24.3 Å². The third-order valence-electron chi connectivity index (χ3n) is 3.70. The summed E-state index contributed by atoms with van der Waals surface area (Å²) in [5.74, 6) is 1.25. The van der Waals surface area contributed by atoms with Crippen molar-refractivity contribution in [2.75, 3.05) is 25.1 Å². The first kappa shape index (κ1) is 15.1. The molecule has 0 spiro atoms. The number of carbonyl (C=O) groups is 1. The molecule has 0 saturated carbocycles. The molecule has 118 valence electrons. The van der Waals surface area contributed by atoms with Gasteiger partial charge in [0.1, 0.15) is 5.75 Å². The van der Waals surface area contributed by atoms with Gasteiger partial charge >= 0.3 is 0 Å². The average Bonchev–Trinajstić information content (AvgIpc) is 2.63. The molecule has 23 heavy (non-hydrogen) atoms. The molecule has 0 aromatic heterocycles. The molecule has 1 N–H and O–H groups in total. The molecule has 0 fully saturated rings. The summed E-state index contributed by atoms with van der Waals surface area (Å²) in [7, 11) is 1.64. The predicted octanol–water partition coefficient (Wildman–Crippen LogP) is 2.69. The molecule has 1 aliphatic heterocycles. The quantitative estimate of drug-likeness (QED) is 0.948. The summed E-state index contributed by atoms with van der Waals surface area (Å²) in [6, 6.07) is 16.9. The van der Waals surface area contributed by atoms with Crippen LogP contribution in [-0.4, -0.2) is 32.1 Å². The van der Waals surface area contributed by atoms with E-state index in [1.165, 1.54) is 0 Å². The van der Waals surface area contributed by atoms with E-state index in [4.69, 9.17) is 4.74 Å². The Morgan fingerprint density at radius 1 is 1.13 bits per heavy atom. The highest BCUT2D eigenvalue weighted by molar-refractivity contribution is 6.11. The maximum Gasteiger partial charge on any atom is 0.257 e. The fourth-order valence-corrected chi connectivity index (χ4v) is 2.49. The number of anilines is 1. The zero-order chi connectivity index (χ0) is 16.1. The summed E-state index contributed by atoms with van der Waals surface area (Å²) >= 11 is 0. The van der Waals surface area contributed by atoms with Crippen molar-refractivity contribution in [2.24, 2.45) is 4.99 Å². The summed E-state index contributed by atoms with van der Waals surface area (Å²) in [5.41, 5.74) is 1.60. The largest absolute Gasteiger partial charge is 0.497 e. The fraction of sp³-hybridized carbons (Fsp3) is 0.222. The number of aliphatic imine (C=N–C) groups is 1. The van der Waals surface area contributed by atoms with Crippen molar-refractivity contribution in [3.05, 3.63) is 60.2 Å². The lowest BCUT2D eigenvalue weighted by Gasteiger charge is -2.29. The van der Waals surface area contributed by atoms with Gasteiger partial charge in [-0.3, -0.25) is 15.1 Å². The lowest BCUT2D eigenvalue weighted by molar-refractivity contribution is 0.0976. The van der Waals surface area contributed by atoms with Crippen LogP contribution in [0.15, 0.2) is 59.6 Å². The van der Waals surface area contributed by atoms with Crippen LogP contribution in [0, 0.1) is 0 Å². The zero-order valence-corrected chi connectivity index (χ0v) is 13.0. The number of amides is 1. The number of ether oxygens (including phenoxy) is 1. The number of methoxy groups -OCH3 is 1. The van der Waals surface area contributed by atoms with Gasteiger partial charge in [-0.2, -0.15) is 0 Å². The van der Waals surface area contributed by atoms with Gasteiger partial charge in [0.15, 0.2) is 0 Å². The first-order valence-electron chi connectivity index (χ1n) is 7.60. The molecule has 0 atom stereocenters. The second-order valence-corrected chi connectivity index (χ2v) is 5.23. The van der Waals surface area contributed by atoms with E-state index in [0.717, 1.165) is 30.9 Å². The van der Waals surface area contributed by atoms with Gasteiger partial charge in [0.2, 0.25) is 5.96 Å². The van der Waals surface area contributed by atoms with Crippen LogP contribution in [0.1, 0.15) is 16.8 Å². The fourth-order valence-electron chi connectivity index (χ4n) is 2.49. The molecular weight excluding hydrogens is 290 g/mol. The van der Waals surface area contributed by atoms with Crippen molar-refractivity contribution in [2.45, 2.75) is 6.42 Å². The number of benzene rings is 2. The molecule has 1 aliphatic rings. The molecule has 0 radical (unpaired) electrons. The number of guanidine groups is 1. The molecule has 5 nitrogen and oxygen atoms in total. The van der Waals surface area contributed by atoms with E-state index in [2.05, 4.69) is 10.3 Å². The second kappa shape index (κ2) is 6.96. The molecule has 0 aliphatic carbocycles. The summed E-state index contributed by atoms with van der Waals surface area (Å²) in [6.07, 6.45) is 0.955. The van der Waals surface area contributed by atoms with E-state index in [1.807, 2.05) is 47.4 Å². The number of nitrogens with zero attached hydrogens (tertiary/aromatic N) is 2. The minimum Gasteiger partial charge on any atom is -0.497 e. The Labute approximate surface area is 135 Å². The van der Waals surface area contributed by atoms with Gasteiger partial charge in [-0.15, -0.1) is 0 Å². The van der Waals surface area contributed by atoms with Crippen LogP contribution in [0.5, 0.6) is 5.75 Å². The summed E-state index contributed by atoms with van der Waals surface area (Å²) in [5, 5.41) is 2.92. The van der Waals surface area contributed by atoms with E-state index in [1.54, 1.807) is 19.2 Å². The minimum atomic E-state index is -0.148. The average molecular weight is 309 g/mol. The molecule has 2 aromatic rings. The molecule has 0 bridgehead atoms. The molecule has 1 heterocycles. The third-order valence-corrected chi connectivity index (χ3v) is 3.70. The first-order valence-corrected chi connectivity index (χ1v) is 7.60. The normalized spacial score (nSPS) is 14.1. The van der Waals surface area contributed by atoms with Crippen molar-refractivity contribution in [3.8, 4) is 5.75 Å². The third kappa shape index (κ3) is 3.51. The van der Waals surface area contributed by atoms with Crippen LogP contribution in [0.4, 0.5) is 5.69 Å². The van der Waals surface area contributed by atoms with E-state index in [9.17, 15) is 4.79 Å². The summed E-state index contributed by atoms with van der Waals surface area (Å²) < 4.78 is 5.19. The van der Waals surface area contributed by atoms with E-state index in [-0.39, 0.29) is 5.91 Å². The Kier molecular flexibility index (Phi) is 4.57. The van der Waals surface area contributed by atoms with Gasteiger partial charge in [-0.1, -0.05) is 18.2 Å². The highest BCUT2D eigenvalue weighted by atomic mass is 16.5. The van der Waals surface area contributed by atoms with E-state index >= 15 is 0 Å². The van der Waals surface area contributed by atoms with Crippen LogP contribution < -0.4 is 15.0 Å². The van der Waals surface area contributed by atoms with Gasteiger partial charge in [0.05, 0.1) is 7.11 Å². The molecule has 0 saturated heterocycles. The van der Waals surface area contributed by atoms with Crippen LogP contribution in [-0.2, 0) is 0 Å². The molecule has 2 aromatic carbocycles. The van der Waals surface area contributed by atoms with Crippen molar-refractivity contribution in [1.29, 1.82) is 0 Å². The van der Waals surface area contributed by atoms with Crippen molar-refractivity contribution in [1.82, 2.24) is 5.32 Å². The topological polar surface area (TPSA) is 53.9 Å². The maximum atomic E-state index is 12.4. The Morgan fingerprint density at radius 3 is 2.57 bits per heavy atom. The van der Waals surface area contributed by atoms with Crippen molar-refractivity contribution >= 4 is 17.6 Å². The minimum absolute atomic E-state index is 0.148. The summed E-state index contributed by atoms with van der Waals surface area (Å²) in [4.78, 5) is 18.8. The van der Waals surface area contributed by atoms with E-state index in [0.29, 0.717) is 11.5 Å². The van der Waals surface area contributed by atoms with Crippen LogP contribution in [0.3, 0.4) is 0 Å². The van der Waals surface area contributed by atoms with E-state index < -0.39 is 0 Å². The Bertz CT molecular complexity index is 696. The standard InChI is InChI=1S/C18H19N3O2/c1-23-16-10-8-15(9-11-16)21-13-5-12-19-18(21)20-17(22)14-6-3-2-4-7-14/h2-4,6-11H,5,12-13H2,1H3,(H,19,20,22). The Morgan fingerprint density at radius 2 is 1.87 bits per heavy atom. The Hall–Kier alpha value is -2.82. The number of hydrogen-bond acceptors (Lipinski definition) is 4. The van der Waals surface area contributed by atoms with Crippen LogP contribution in [0.2, 0.25) is 0 Å². The number of carbonyl (C=O) groups excluding carboxylic acids is 1. The number of nitrogens with one attached hydrogen (secondary N) is 1. The smallest absolute Gasteiger partial charge is 0.257 e. The predicted molar refractivity (Wildman–Crippen MR) is 91.2 cm³/mol. The van der Waals surface area contributed by atoms with Gasteiger partial charge in [0.25, 0.3) is 5.91 Å². The summed E-state index contributed by atoms with van der Waals surface area (Å²) in [6.45, 7) is 1.54. The monoisotopic (exact) mass is 309 g/mol. The lowest BCUT2D eigenvalue weighted by Crippen LogP contribution is -2.47. The molecule has 1 amide bonds. The van der Waals surface area contributed by atoms with Crippen LogP contribution >= 0.6 is 0 Å². The van der Waals surface area contributed by atoms with Gasteiger partial charge in [-0.05, 0) is 42.8 Å². The lowest BCUT2D eigenvalue weighted by atomic mass is 10.2. The van der Waals surface area contributed by atoms with Crippen LogP contribution in [0.25, 0.3) is 0 Å². The van der Waals surface area contributed by atoms with Gasteiger partial charge < -0.3 is 9.64 Å². The molecule has 0 unspecified atom stereocenters. The first-order chi connectivity index (χ1) is 11.3. The van der Waals surface area contributed by atoms with Crippen molar-refractivity contribution < 1.29 is 9.53 Å². The number of hydrogen-bond donors (Lipinski definition) is 1. The maximum absolute atomic E-state index is 12.4. The highest BCUT2D eigenvalue weighted by Gasteiger charge is 2.19. The number of rotatable bonds is 3. The zero-order valence-electron chi connectivity index (χ0n) is 13.0.